The van der Waals surface area contributed by atoms with Gasteiger partial charge in [-0.3, -0.25) is 4.79 Å². The number of sulfonamides is 1. The molecule has 4 aliphatic rings. The van der Waals surface area contributed by atoms with Crippen molar-refractivity contribution in [3.8, 4) is 5.75 Å². The second kappa shape index (κ2) is 13.9. The number of rotatable bonds is 5. The molecule has 1 amide bonds. The molecule has 2 aliphatic heterocycles. The summed E-state index contributed by atoms with van der Waals surface area (Å²) in [4.78, 5) is 16.0. The Balaban J connectivity index is 1.56. The van der Waals surface area contributed by atoms with Crippen LogP contribution in [0.15, 0.2) is 54.6 Å². The Morgan fingerprint density at radius 1 is 0.979 bits per heavy atom. The van der Waals surface area contributed by atoms with Crippen LogP contribution >= 0.6 is 0 Å². The quantitative estimate of drug-likeness (QED) is 0.250. The third-order valence-electron chi connectivity index (χ3n) is 12.0. The Hall–Kier alpha value is -2.62. The minimum atomic E-state index is -3.76. The van der Waals surface area contributed by atoms with E-state index in [4.69, 9.17) is 9.16 Å². The molecule has 6 rings (SSSR count). The van der Waals surface area contributed by atoms with Crippen LogP contribution in [-0.4, -0.2) is 47.8 Å². The van der Waals surface area contributed by atoms with Crippen LogP contribution < -0.4 is 14.4 Å². The van der Waals surface area contributed by atoms with Crippen LogP contribution in [0, 0.1) is 11.8 Å². The van der Waals surface area contributed by atoms with Gasteiger partial charge in [0.15, 0.2) is 0 Å². The zero-order valence-corrected chi connectivity index (χ0v) is 31.7. The second-order valence-electron chi connectivity index (χ2n) is 15.8. The predicted octanol–water partition coefficient (Wildman–Crippen LogP) is 8.50. The lowest BCUT2D eigenvalue weighted by Crippen LogP contribution is -2.60. The number of nitrogens with one attached hydrogen (secondary N) is 1. The van der Waals surface area contributed by atoms with Gasteiger partial charge in [0.05, 0.1) is 18.0 Å². The molecular weight excluding hydrogens is 637 g/mol. The molecule has 2 bridgehead atoms. The van der Waals surface area contributed by atoms with E-state index in [-0.39, 0.29) is 23.3 Å². The van der Waals surface area contributed by atoms with E-state index in [1.807, 2.05) is 12.1 Å². The lowest BCUT2D eigenvalue weighted by atomic mass is 9.69. The third-order valence-corrected chi connectivity index (χ3v) is 19.3. The van der Waals surface area contributed by atoms with Crippen molar-refractivity contribution in [3.63, 3.8) is 0 Å². The molecule has 1 saturated carbocycles. The van der Waals surface area contributed by atoms with E-state index in [2.05, 4.69) is 87.6 Å². The molecule has 262 valence electrons. The first-order chi connectivity index (χ1) is 22.9. The molecule has 1 N–H and O–H groups in total. The smallest absolute Gasteiger partial charge is 0.264 e. The molecule has 2 aliphatic carbocycles. The third kappa shape index (κ3) is 6.63. The molecule has 0 aromatic heterocycles. The molecule has 9 heteroatoms. The van der Waals surface area contributed by atoms with Crippen molar-refractivity contribution in [1.29, 1.82) is 0 Å². The van der Waals surface area contributed by atoms with E-state index in [0.717, 1.165) is 56.4 Å². The highest BCUT2D eigenvalue weighted by Gasteiger charge is 2.53. The van der Waals surface area contributed by atoms with E-state index in [1.165, 1.54) is 11.1 Å². The Morgan fingerprint density at radius 2 is 1.73 bits per heavy atom. The number of amides is 1. The number of hydrogen-bond donors (Lipinski definition) is 1. The van der Waals surface area contributed by atoms with Crippen LogP contribution in [0.25, 0.3) is 0 Å². The van der Waals surface area contributed by atoms with Crippen LogP contribution in [0.5, 0.6) is 5.75 Å². The highest BCUT2D eigenvalue weighted by molar-refractivity contribution is 7.90. The van der Waals surface area contributed by atoms with Crippen molar-refractivity contribution in [2.24, 2.45) is 11.8 Å². The molecule has 1 spiro atoms. The van der Waals surface area contributed by atoms with Gasteiger partial charge < -0.3 is 14.1 Å². The minimum Gasteiger partial charge on any atom is -0.490 e. The van der Waals surface area contributed by atoms with Crippen molar-refractivity contribution in [1.82, 2.24) is 4.72 Å². The molecule has 0 radical (unpaired) electrons. The predicted molar refractivity (Wildman–Crippen MR) is 197 cm³/mol. The summed E-state index contributed by atoms with van der Waals surface area (Å²) < 4.78 is 42.9. The largest absolute Gasteiger partial charge is 0.490 e. The highest BCUT2D eigenvalue weighted by atomic mass is 32.2. The summed E-state index contributed by atoms with van der Waals surface area (Å²) in [6, 6.07) is 14.3. The molecule has 2 aromatic rings. The Labute approximate surface area is 290 Å². The normalized spacial score (nSPS) is 27.6. The number of carbonyl (C=O) groups excluding carboxylic acids is 1. The maximum atomic E-state index is 13.6. The molecule has 7 nitrogen and oxygen atoms in total. The van der Waals surface area contributed by atoms with Gasteiger partial charge in [0.25, 0.3) is 5.91 Å². The van der Waals surface area contributed by atoms with Crippen molar-refractivity contribution in [3.05, 3.63) is 71.3 Å². The zero-order chi connectivity index (χ0) is 34.3. The Morgan fingerprint density at radius 3 is 2.44 bits per heavy atom. The monoisotopic (exact) mass is 692 g/mol. The van der Waals surface area contributed by atoms with Crippen molar-refractivity contribution < 1.29 is 22.4 Å². The van der Waals surface area contributed by atoms with Crippen molar-refractivity contribution in [2.45, 2.75) is 121 Å². The van der Waals surface area contributed by atoms with Gasteiger partial charge in [0.1, 0.15) is 12.0 Å². The summed E-state index contributed by atoms with van der Waals surface area (Å²) in [5.74, 6) is 0.723. The summed E-state index contributed by atoms with van der Waals surface area (Å²) in [5, 5.41) is 0. The SMILES string of the molecule is CC(C)[Si](OC1C2CCC2C=CCCCCS(=O)(=O)NC(=O)c2ccc3c(c2)N1CC1(CCCc2ccccc21)CO3)(C(C)C)C(C)C. The molecule has 48 heavy (non-hydrogen) atoms. The fraction of sp³-hybridized carbons (Fsp3) is 0.615. The van der Waals surface area contributed by atoms with Gasteiger partial charge in [-0.1, -0.05) is 78.0 Å². The minimum absolute atomic E-state index is 0.0665. The number of aryl methyl sites for hydroxylation is 1. The molecule has 0 saturated heterocycles. The summed E-state index contributed by atoms with van der Waals surface area (Å²) in [5.41, 5.74) is 4.84. The number of hydrogen-bond acceptors (Lipinski definition) is 6. The van der Waals surface area contributed by atoms with Gasteiger partial charge >= 0.3 is 0 Å². The number of carbonyl (C=O) groups is 1. The highest BCUT2D eigenvalue weighted by Crippen LogP contribution is 2.52. The molecular formula is C39H56N2O5SSi. The maximum absolute atomic E-state index is 13.6. The van der Waals surface area contributed by atoms with Crippen LogP contribution in [0.3, 0.4) is 0 Å². The Bertz CT molecular complexity index is 1600. The van der Waals surface area contributed by atoms with Gasteiger partial charge in [-0.15, -0.1) is 0 Å². The van der Waals surface area contributed by atoms with Gasteiger partial charge in [-0.05, 0) is 103 Å². The fourth-order valence-corrected chi connectivity index (χ4v) is 16.1. The van der Waals surface area contributed by atoms with Crippen LogP contribution in [-0.2, 0) is 26.3 Å². The van der Waals surface area contributed by atoms with Crippen LogP contribution in [0.4, 0.5) is 5.69 Å². The van der Waals surface area contributed by atoms with Gasteiger partial charge in [0.2, 0.25) is 18.3 Å². The van der Waals surface area contributed by atoms with Gasteiger partial charge in [-0.25, -0.2) is 13.1 Å². The van der Waals surface area contributed by atoms with E-state index in [1.54, 1.807) is 6.07 Å². The van der Waals surface area contributed by atoms with Crippen molar-refractivity contribution >= 4 is 29.9 Å². The number of nitrogens with zero attached hydrogens (tertiary/aromatic N) is 1. The Kier molecular flexibility index (Phi) is 10.2. The van der Waals surface area contributed by atoms with Gasteiger partial charge in [0, 0.05) is 23.4 Å². The first kappa shape index (κ1) is 35.2. The molecule has 4 atom stereocenters. The summed E-state index contributed by atoms with van der Waals surface area (Å²) >= 11 is 0. The zero-order valence-electron chi connectivity index (χ0n) is 29.8. The molecule has 4 unspecified atom stereocenters. The summed E-state index contributed by atoms with van der Waals surface area (Å²) in [7, 11) is -6.15. The number of anilines is 1. The molecule has 2 heterocycles. The van der Waals surface area contributed by atoms with Gasteiger partial charge in [-0.2, -0.15) is 0 Å². The number of fused-ring (bicyclic) bond motifs is 4. The second-order valence-corrected chi connectivity index (χ2v) is 23.0. The lowest BCUT2D eigenvalue weighted by molar-refractivity contribution is 0.0313. The topological polar surface area (TPSA) is 84.9 Å². The summed E-state index contributed by atoms with van der Waals surface area (Å²) in [6.45, 7) is 15.3. The lowest BCUT2D eigenvalue weighted by Gasteiger charge is -2.54. The first-order valence-electron chi connectivity index (χ1n) is 18.4. The van der Waals surface area contributed by atoms with Crippen LogP contribution in [0.1, 0.15) is 108 Å². The maximum Gasteiger partial charge on any atom is 0.264 e. The van der Waals surface area contributed by atoms with Crippen molar-refractivity contribution in [2.75, 3.05) is 23.8 Å². The average Bonchev–Trinajstić information content (AvgIpc) is 3.18. The van der Waals surface area contributed by atoms with E-state index >= 15 is 0 Å². The number of benzene rings is 2. The summed E-state index contributed by atoms with van der Waals surface area (Å²) in [6.07, 6.45) is 11.8. The fourth-order valence-electron chi connectivity index (χ4n) is 9.45. The molecule has 2 aromatic carbocycles. The van der Waals surface area contributed by atoms with Crippen LogP contribution in [0.2, 0.25) is 16.6 Å². The first-order valence-corrected chi connectivity index (χ1v) is 22.2. The average molecular weight is 693 g/mol. The standard InChI is InChI=1S/C39H56N2O5SSi/c1-27(2)48(28(3)4,29(5)6)46-38-33-20-18-30(33)14-9-7-8-12-23-47(43,44)40-37(42)32-19-21-36-35(24-32)41(38)25-39(26-45-36)22-13-16-31-15-10-11-17-34(31)39/h9-11,14-15,17,19,21,24,27-30,33,38H,7-8,12-13,16,18,20,22-23,25-26H2,1-6H3,(H,40,42). The number of ether oxygens (including phenoxy) is 1. The van der Waals surface area contributed by atoms with E-state index in [0.29, 0.717) is 47.7 Å². The number of allylic oxidation sites excluding steroid dienone is 2. The van der Waals surface area contributed by atoms with E-state index in [9.17, 15) is 13.2 Å². The van der Waals surface area contributed by atoms with E-state index < -0.39 is 24.2 Å². The molecule has 1 fully saturated rings.